The van der Waals surface area contributed by atoms with E-state index in [4.69, 9.17) is 4.98 Å². The molecule has 9 aromatic carbocycles. The highest BCUT2D eigenvalue weighted by atomic mass is 14.7. The minimum absolute atomic E-state index is 0.968. The molecule has 1 heteroatoms. The highest BCUT2D eigenvalue weighted by Gasteiger charge is 2.19. The molecule has 0 bridgehead atoms. The Balaban J connectivity index is 1.14. The normalized spacial score (nSPS) is 11.3. The third-order valence-corrected chi connectivity index (χ3v) is 10.7. The Hall–Kier alpha value is -7.09. The Morgan fingerprint density at radius 2 is 0.611 bits per heavy atom. The zero-order valence-corrected chi connectivity index (χ0v) is 29.7. The molecule has 0 aliphatic carbocycles. The van der Waals surface area contributed by atoms with E-state index in [0.717, 1.165) is 33.6 Å². The van der Waals surface area contributed by atoms with E-state index in [9.17, 15) is 0 Å². The van der Waals surface area contributed by atoms with Crippen LogP contribution in [0.15, 0.2) is 212 Å². The number of rotatable bonds is 6. The molecule has 54 heavy (non-hydrogen) atoms. The first-order chi connectivity index (χ1) is 26.8. The monoisotopic (exact) mass is 685 g/mol. The average molecular weight is 686 g/mol. The number of aromatic nitrogens is 1. The number of fused-ring (bicyclic) bond motifs is 3. The summed E-state index contributed by atoms with van der Waals surface area (Å²) in [5, 5.41) is 7.51. The minimum Gasteiger partial charge on any atom is -0.247 e. The Kier molecular flexibility index (Phi) is 7.89. The molecule has 1 nitrogen and oxygen atoms in total. The number of nitrogens with zero attached hydrogens (tertiary/aromatic N) is 1. The van der Waals surface area contributed by atoms with Crippen LogP contribution < -0.4 is 0 Å². The van der Waals surface area contributed by atoms with Crippen LogP contribution in [-0.4, -0.2) is 4.98 Å². The average Bonchev–Trinajstić information content (AvgIpc) is 3.26. The van der Waals surface area contributed by atoms with E-state index in [1.807, 2.05) is 6.07 Å². The van der Waals surface area contributed by atoms with Gasteiger partial charge in [-0.1, -0.05) is 206 Å². The van der Waals surface area contributed by atoms with Crippen LogP contribution in [0.5, 0.6) is 0 Å². The fourth-order valence-corrected chi connectivity index (χ4v) is 8.21. The van der Waals surface area contributed by atoms with Crippen LogP contribution >= 0.6 is 0 Å². The maximum Gasteiger partial charge on any atom is 0.0787 e. The minimum atomic E-state index is 0.968. The second-order valence-corrected chi connectivity index (χ2v) is 13.8. The van der Waals surface area contributed by atoms with Crippen molar-refractivity contribution in [2.75, 3.05) is 0 Å². The van der Waals surface area contributed by atoms with Crippen LogP contribution in [0.2, 0.25) is 0 Å². The summed E-state index contributed by atoms with van der Waals surface area (Å²) < 4.78 is 0. The lowest BCUT2D eigenvalue weighted by Gasteiger charge is -2.20. The summed E-state index contributed by atoms with van der Waals surface area (Å²) in [7, 11) is 0. The molecule has 0 aliphatic heterocycles. The fourth-order valence-electron chi connectivity index (χ4n) is 8.21. The number of pyridine rings is 1. The van der Waals surface area contributed by atoms with Crippen molar-refractivity contribution in [1.29, 1.82) is 0 Å². The van der Waals surface area contributed by atoms with Crippen molar-refractivity contribution < 1.29 is 0 Å². The predicted octanol–water partition coefficient (Wildman–Crippen LogP) is 14.5. The molecule has 0 aliphatic rings. The molecule has 10 rings (SSSR count). The zero-order valence-electron chi connectivity index (χ0n) is 29.7. The molecule has 0 saturated heterocycles. The van der Waals surface area contributed by atoms with Gasteiger partial charge >= 0.3 is 0 Å². The van der Waals surface area contributed by atoms with Crippen LogP contribution in [0.4, 0.5) is 0 Å². The lowest BCUT2D eigenvalue weighted by molar-refractivity contribution is 1.32. The van der Waals surface area contributed by atoms with Gasteiger partial charge in [0.15, 0.2) is 0 Å². The lowest BCUT2D eigenvalue weighted by Crippen LogP contribution is -1.94. The van der Waals surface area contributed by atoms with E-state index < -0.39 is 0 Å². The maximum absolute atomic E-state index is 5.23. The standard InChI is InChI=1S/C53H35N/c1-4-16-36(17-5-1)41-32-33-49(44-23-11-10-22-43(41)44)52-47-26-14-12-24-45(47)51(46-25-13-15-27-48(46)52)39-30-28-37(29-31-39)42-34-35-50(38-18-6-2-7-19-38)54-53(42)40-20-8-3-9-21-40/h1-35H. The summed E-state index contributed by atoms with van der Waals surface area (Å²) in [6, 6.07) is 76.4. The molecule has 0 N–H and O–H groups in total. The van der Waals surface area contributed by atoms with Gasteiger partial charge in [0.25, 0.3) is 0 Å². The number of hydrogen-bond acceptors (Lipinski definition) is 1. The van der Waals surface area contributed by atoms with Gasteiger partial charge in [-0.15, -0.1) is 0 Å². The van der Waals surface area contributed by atoms with E-state index in [0.29, 0.717) is 0 Å². The van der Waals surface area contributed by atoms with Crippen molar-refractivity contribution in [1.82, 2.24) is 4.98 Å². The van der Waals surface area contributed by atoms with Gasteiger partial charge in [-0.05, 0) is 77.3 Å². The van der Waals surface area contributed by atoms with E-state index in [-0.39, 0.29) is 0 Å². The molecule has 1 heterocycles. The smallest absolute Gasteiger partial charge is 0.0787 e. The maximum atomic E-state index is 5.23. The van der Waals surface area contributed by atoms with Crippen molar-refractivity contribution in [2.24, 2.45) is 0 Å². The van der Waals surface area contributed by atoms with Crippen molar-refractivity contribution in [3.63, 3.8) is 0 Å². The van der Waals surface area contributed by atoms with Crippen LogP contribution in [-0.2, 0) is 0 Å². The zero-order chi connectivity index (χ0) is 35.8. The lowest BCUT2D eigenvalue weighted by atomic mass is 9.83. The van der Waals surface area contributed by atoms with Crippen molar-refractivity contribution in [3.05, 3.63) is 212 Å². The molecule has 252 valence electrons. The second kappa shape index (κ2) is 13.5. The molecule has 0 fully saturated rings. The van der Waals surface area contributed by atoms with Crippen LogP contribution in [0, 0.1) is 0 Å². The highest BCUT2D eigenvalue weighted by Crippen LogP contribution is 2.46. The largest absolute Gasteiger partial charge is 0.247 e. The van der Waals surface area contributed by atoms with Crippen LogP contribution in [0.1, 0.15) is 0 Å². The van der Waals surface area contributed by atoms with Crippen LogP contribution in [0.3, 0.4) is 0 Å². The molecule has 0 saturated carbocycles. The van der Waals surface area contributed by atoms with Gasteiger partial charge in [0.2, 0.25) is 0 Å². The van der Waals surface area contributed by atoms with Gasteiger partial charge in [0.1, 0.15) is 0 Å². The fraction of sp³-hybridized carbons (Fsp3) is 0. The van der Waals surface area contributed by atoms with Gasteiger partial charge in [-0.2, -0.15) is 0 Å². The molecular formula is C53H35N. The van der Waals surface area contributed by atoms with Gasteiger partial charge in [0.05, 0.1) is 11.4 Å². The first-order valence-electron chi connectivity index (χ1n) is 18.6. The molecular weight excluding hydrogens is 651 g/mol. The second-order valence-electron chi connectivity index (χ2n) is 13.8. The predicted molar refractivity (Wildman–Crippen MR) is 229 cm³/mol. The van der Waals surface area contributed by atoms with Gasteiger partial charge < -0.3 is 0 Å². The van der Waals surface area contributed by atoms with Crippen molar-refractivity contribution >= 4 is 32.3 Å². The third-order valence-electron chi connectivity index (χ3n) is 10.7. The quantitative estimate of drug-likeness (QED) is 0.159. The Labute approximate surface area is 315 Å². The third kappa shape index (κ3) is 5.46. The number of benzene rings is 9. The van der Waals surface area contributed by atoms with Crippen LogP contribution in [0.25, 0.3) is 99.3 Å². The summed E-state index contributed by atoms with van der Waals surface area (Å²) in [4.78, 5) is 5.23. The van der Waals surface area contributed by atoms with E-state index >= 15 is 0 Å². The molecule has 1 aromatic heterocycles. The molecule has 0 unspecified atom stereocenters. The molecule has 0 spiro atoms. The Morgan fingerprint density at radius 3 is 1.19 bits per heavy atom. The van der Waals surface area contributed by atoms with E-state index in [2.05, 4.69) is 206 Å². The molecule has 0 radical (unpaired) electrons. The molecule has 10 aromatic rings. The van der Waals surface area contributed by atoms with E-state index in [1.165, 1.54) is 65.7 Å². The van der Waals surface area contributed by atoms with Gasteiger partial charge in [-0.3, -0.25) is 0 Å². The summed E-state index contributed by atoms with van der Waals surface area (Å²) >= 11 is 0. The summed E-state index contributed by atoms with van der Waals surface area (Å²) in [5.41, 5.74) is 13.9. The van der Waals surface area contributed by atoms with Gasteiger partial charge in [-0.25, -0.2) is 4.98 Å². The topological polar surface area (TPSA) is 12.9 Å². The van der Waals surface area contributed by atoms with E-state index in [1.54, 1.807) is 0 Å². The first kappa shape index (κ1) is 31.6. The first-order valence-corrected chi connectivity index (χ1v) is 18.6. The summed E-state index contributed by atoms with van der Waals surface area (Å²) in [6.45, 7) is 0. The summed E-state index contributed by atoms with van der Waals surface area (Å²) in [5.74, 6) is 0. The molecule has 0 amide bonds. The summed E-state index contributed by atoms with van der Waals surface area (Å²) in [6.07, 6.45) is 0. The molecule has 0 atom stereocenters. The Morgan fingerprint density at radius 1 is 0.222 bits per heavy atom. The van der Waals surface area contributed by atoms with Crippen molar-refractivity contribution in [3.8, 4) is 67.0 Å². The van der Waals surface area contributed by atoms with Crippen molar-refractivity contribution in [2.45, 2.75) is 0 Å². The Bertz CT molecular complexity index is 2890. The van der Waals surface area contributed by atoms with Gasteiger partial charge in [0, 0.05) is 16.7 Å². The SMILES string of the molecule is c1ccc(-c2ccc(-c3ccc(-c4c5ccccc5c(-c5ccc(-c6ccccc6)c6ccccc56)c5ccccc45)cc3)c(-c3ccccc3)n2)cc1. The number of hydrogen-bond donors (Lipinski definition) is 0. The highest BCUT2D eigenvalue weighted by molar-refractivity contribution is 6.24.